The van der Waals surface area contributed by atoms with Gasteiger partial charge in [-0.15, -0.1) is 0 Å². The summed E-state index contributed by atoms with van der Waals surface area (Å²) in [7, 11) is 0. The molecule has 4 rings (SSSR count). The summed E-state index contributed by atoms with van der Waals surface area (Å²) >= 11 is 0. The van der Waals surface area contributed by atoms with Crippen LogP contribution in [-0.4, -0.2) is 34.1 Å². The highest BCUT2D eigenvalue weighted by Gasteiger charge is 2.33. The Labute approximate surface area is 168 Å². The molecule has 3 aromatic rings. The summed E-state index contributed by atoms with van der Waals surface area (Å²) in [6, 6.07) is 13.8. The van der Waals surface area contributed by atoms with Gasteiger partial charge in [-0.1, -0.05) is 30.3 Å². The first-order valence-electron chi connectivity index (χ1n) is 9.71. The molecule has 1 unspecified atom stereocenters. The first-order valence-corrected chi connectivity index (χ1v) is 9.71. The van der Waals surface area contributed by atoms with Crippen molar-refractivity contribution in [2.75, 3.05) is 13.2 Å². The lowest BCUT2D eigenvalue weighted by molar-refractivity contribution is -0.128. The summed E-state index contributed by atoms with van der Waals surface area (Å²) in [5.41, 5.74) is 1.56. The fourth-order valence-corrected chi connectivity index (χ4v) is 3.37. The van der Waals surface area contributed by atoms with Crippen molar-refractivity contribution >= 4 is 5.91 Å². The van der Waals surface area contributed by atoms with Gasteiger partial charge in [-0.3, -0.25) is 4.79 Å². The van der Waals surface area contributed by atoms with Crippen molar-refractivity contribution < 1.29 is 18.4 Å². The molecule has 1 atom stereocenters. The van der Waals surface area contributed by atoms with Gasteiger partial charge < -0.3 is 14.2 Å². The molecule has 1 aliphatic heterocycles. The molecule has 6 nitrogen and oxygen atoms in total. The van der Waals surface area contributed by atoms with Gasteiger partial charge in [-0.25, -0.2) is 4.39 Å². The highest BCUT2D eigenvalue weighted by atomic mass is 19.1. The molecule has 1 fully saturated rings. The zero-order valence-electron chi connectivity index (χ0n) is 16.2. The van der Waals surface area contributed by atoms with Crippen molar-refractivity contribution in [2.24, 2.45) is 0 Å². The van der Waals surface area contributed by atoms with Crippen molar-refractivity contribution in [2.45, 2.75) is 32.2 Å². The molecule has 2 heterocycles. The molecule has 1 amide bonds. The predicted octanol–water partition coefficient (Wildman–Crippen LogP) is 4.18. The summed E-state index contributed by atoms with van der Waals surface area (Å²) in [5, 5.41) is 4.02. The molecule has 0 radical (unpaired) electrons. The van der Waals surface area contributed by atoms with Crippen LogP contribution in [0, 0.1) is 5.82 Å². The number of nitrogens with zero attached hydrogens (tertiary/aromatic N) is 3. The minimum atomic E-state index is -0.365. The second-order valence-electron chi connectivity index (χ2n) is 7.14. The van der Waals surface area contributed by atoms with E-state index in [-0.39, 0.29) is 23.5 Å². The summed E-state index contributed by atoms with van der Waals surface area (Å²) < 4.78 is 24.3. The van der Waals surface area contributed by atoms with E-state index in [0.29, 0.717) is 37.5 Å². The Bertz CT molecular complexity index is 987. The molecule has 0 bridgehead atoms. The van der Waals surface area contributed by atoms with Crippen molar-refractivity contribution in [3.8, 4) is 17.2 Å². The van der Waals surface area contributed by atoms with Crippen LogP contribution in [0.4, 0.5) is 4.39 Å². The topological polar surface area (TPSA) is 68.5 Å². The zero-order chi connectivity index (χ0) is 20.2. The van der Waals surface area contributed by atoms with E-state index in [9.17, 15) is 9.18 Å². The molecule has 1 aliphatic rings. The van der Waals surface area contributed by atoms with E-state index in [2.05, 4.69) is 17.1 Å². The first-order chi connectivity index (χ1) is 14.1. The Balaban J connectivity index is 1.40. The van der Waals surface area contributed by atoms with Crippen LogP contribution in [0.3, 0.4) is 0 Å². The molecule has 0 aliphatic carbocycles. The standard InChI is InChI=1S/C22H22FN3O3/c1-2-10-28-19-8-6-15(7-9-19)13-26-14-17(12-20(26)27)21-24-22(29-25-21)16-4-3-5-18(23)11-16/h3-9,11,17H,2,10,12-14H2,1H3. The van der Waals surface area contributed by atoms with Gasteiger partial charge in [-0.2, -0.15) is 4.98 Å². The number of rotatable bonds is 7. The van der Waals surface area contributed by atoms with Gasteiger partial charge in [0.25, 0.3) is 5.89 Å². The summed E-state index contributed by atoms with van der Waals surface area (Å²) in [5.74, 6) is 1.11. The smallest absolute Gasteiger partial charge is 0.258 e. The van der Waals surface area contributed by atoms with Crippen LogP contribution in [0.5, 0.6) is 5.75 Å². The summed E-state index contributed by atoms with van der Waals surface area (Å²) in [6.45, 7) is 3.80. The van der Waals surface area contributed by atoms with E-state index in [1.165, 1.54) is 12.1 Å². The highest BCUT2D eigenvalue weighted by molar-refractivity contribution is 5.79. The number of ether oxygens (including phenoxy) is 1. The van der Waals surface area contributed by atoms with Crippen LogP contribution in [0.15, 0.2) is 53.1 Å². The number of aromatic nitrogens is 2. The fraction of sp³-hybridized carbons (Fsp3) is 0.318. The van der Waals surface area contributed by atoms with E-state index < -0.39 is 0 Å². The Kier molecular flexibility index (Phi) is 5.55. The molecule has 2 aromatic carbocycles. The van der Waals surface area contributed by atoms with Gasteiger partial charge in [-0.05, 0) is 42.3 Å². The Morgan fingerprint density at radius 2 is 2.07 bits per heavy atom. The van der Waals surface area contributed by atoms with E-state index in [1.54, 1.807) is 17.0 Å². The van der Waals surface area contributed by atoms with Gasteiger partial charge in [0.2, 0.25) is 5.91 Å². The van der Waals surface area contributed by atoms with Gasteiger partial charge >= 0.3 is 0 Å². The van der Waals surface area contributed by atoms with Crippen LogP contribution in [0.2, 0.25) is 0 Å². The Morgan fingerprint density at radius 1 is 1.24 bits per heavy atom. The number of likely N-dealkylation sites (tertiary alicyclic amines) is 1. The lowest BCUT2D eigenvalue weighted by atomic mass is 10.1. The third-order valence-electron chi connectivity index (χ3n) is 4.86. The lowest BCUT2D eigenvalue weighted by Crippen LogP contribution is -2.24. The van der Waals surface area contributed by atoms with Gasteiger partial charge in [0.15, 0.2) is 5.82 Å². The quantitative estimate of drug-likeness (QED) is 0.600. The van der Waals surface area contributed by atoms with E-state index in [1.807, 2.05) is 24.3 Å². The van der Waals surface area contributed by atoms with Crippen LogP contribution in [0.25, 0.3) is 11.5 Å². The minimum Gasteiger partial charge on any atom is -0.494 e. The molecule has 0 saturated carbocycles. The van der Waals surface area contributed by atoms with Crippen molar-refractivity contribution in [1.29, 1.82) is 0 Å². The zero-order valence-corrected chi connectivity index (χ0v) is 16.2. The molecular formula is C22H22FN3O3. The molecule has 0 spiro atoms. The fourth-order valence-electron chi connectivity index (χ4n) is 3.37. The van der Waals surface area contributed by atoms with Crippen LogP contribution < -0.4 is 4.74 Å². The first kappa shape index (κ1) is 19.1. The van der Waals surface area contributed by atoms with Crippen molar-refractivity contribution in [1.82, 2.24) is 15.0 Å². The maximum Gasteiger partial charge on any atom is 0.258 e. The highest BCUT2D eigenvalue weighted by Crippen LogP contribution is 2.29. The van der Waals surface area contributed by atoms with Crippen molar-refractivity contribution in [3.05, 3.63) is 65.7 Å². The predicted molar refractivity (Wildman–Crippen MR) is 105 cm³/mol. The number of carbonyl (C=O) groups is 1. The average Bonchev–Trinajstić information content (AvgIpc) is 3.35. The number of halogens is 1. The minimum absolute atomic E-state index is 0.0541. The second-order valence-corrected chi connectivity index (χ2v) is 7.14. The lowest BCUT2D eigenvalue weighted by Gasteiger charge is -2.16. The molecule has 1 saturated heterocycles. The SMILES string of the molecule is CCCOc1ccc(CN2CC(c3noc(-c4cccc(F)c4)n3)CC2=O)cc1. The summed E-state index contributed by atoms with van der Waals surface area (Å²) in [4.78, 5) is 18.6. The van der Waals surface area contributed by atoms with E-state index in [0.717, 1.165) is 17.7 Å². The maximum atomic E-state index is 13.4. The molecule has 150 valence electrons. The number of carbonyl (C=O) groups excluding carboxylic acids is 1. The van der Waals surface area contributed by atoms with Crippen LogP contribution in [-0.2, 0) is 11.3 Å². The Morgan fingerprint density at radius 3 is 2.83 bits per heavy atom. The monoisotopic (exact) mass is 395 g/mol. The Hall–Kier alpha value is -3.22. The van der Waals surface area contributed by atoms with Crippen molar-refractivity contribution in [3.63, 3.8) is 0 Å². The molecule has 0 N–H and O–H groups in total. The molecular weight excluding hydrogens is 373 g/mol. The molecule has 7 heteroatoms. The largest absolute Gasteiger partial charge is 0.494 e. The number of hydrogen-bond acceptors (Lipinski definition) is 5. The van der Waals surface area contributed by atoms with Gasteiger partial charge in [0, 0.05) is 31.0 Å². The molecule has 1 aromatic heterocycles. The maximum absolute atomic E-state index is 13.4. The second kappa shape index (κ2) is 8.43. The van der Waals surface area contributed by atoms with E-state index >= 15 is 0 Å². The average molecular weight is 395 g/mol. The van der Waals surface area contributed by atoms with Gasteiger partial charge in [0.1, 0.15) is 11.6 Å². The van der Waals surface area contributed by atoms with Crippen LogP contribution >= 0.6 is 0 Å². The van der Waals surface area contributed by atoms with Crippen LogP contribution in [0.1, 0.15) is 37.1 Å². The van der Waals surface area contributed by atoms with Gasteiger partial charge in [0.05, 0.1) is 6.61 Å². The third-order valence-corrected chi connectivity index (χ3v) is 4.86. The normalized spacial score (nSPS) is 16.4. The summed E-state index contributed by atoms with van der Waals surface area (Å²) in [6.07, 6.45) is 1.29. The number of benzene rings is 2. The number of hydrogen-bond donors (Lipinski definition) is 0. The number of amides is 1. The molecule has 29 heavy (non-hydrogen) atoms. The van der Waals surface area contributed by atoms with E-state index in [4.69, 9.17) is 9.26 Å². The third kappa shape index (κ3) is 4.45.